The van der Waals surface area contributed by atoms with Crippen molar-refractivity contribution in [1.82, 2.24) is 5.32 Å². The van der Waals surface area contributed by atoms with Crippen molar-refractivity contribution in [1.29, 1.82) is 0 Å². The lowest BCUT2D eigenvalue weighted by Crippen LogP contribution is -2.24. The van der Waals surface area contributed by atoms with Gasteiger partial charge in [-0.3, -0.25) is 4.79 Å². The summed E-state index contributed by atoms with van der Waals surface area (Å²) < 4.78 is 10.8. The molecule has 1 N–H and O–H groups in total. The van der Waals surface area contributed by atoms with E-state index in [1.807, 2.05) is 20.8 Å². The van der Waals surface area contributed by atoms with Crippen LogP contribution in [0.15, 0.2) is 18.2 Å². The molecule has 1 aromatic rings. The number of rotatable bonds is 6. The smallest absolute Gasteiger partial charge is 0.251 e. The number of hydrogen-bond donors (Lipinski definition) is 1. The Hall–Kier alpha value is -1.71. The van der Waals surface area contributed by atoms with Crippen molar-refractivity contribution < 1.29 is 14.3 Å². The van der Waals surface area contributed by atoms with Crippen LogP contribution in [0, 0.1) is 0 Å². The van der Waals surface area contributed by atoms with Gasteiger partial charge in [-0.15, -0.1) is 0 Å². The van der Waals surface area contributed by atoms with Crippen LogP contribution in [0.1, 0.15) is 37.6 Å². The summed E-state index contributed by atoms with van der Waals surface area (Å²) in [4.78, 5) is 11.8. The van der Waals surface area contributed by atoms with E-state index in [0.29, 0.717) is 23.6 Å². The van der Waals surface area contributed by atoms with Crippen molar-refractivity contribution in [3.63, 3.8) is 0 Å². The quantitative estimate of drug-likeness (QED) is 0.845. The first-order valence-electron chi connectivity index (χ1n) is 6.21. The molecule has 1 amide bonds. The first-order valence-corrected chi connectivity index (χ1v) is 6.21. The van der Waals surface area contributed by atoms with Crippen molar-refractivity contribution in [3.05, 3.63) is 23.8 Å². The van der Waals surface area contributed by atoms with Crippen LogP contribution < -0.4 is 14.8 Å². The van der Waals surface area contributed by atoms with Gasteiger partial charge in [-0.1, -0.05) is 6.92 Å². The van der Waals surface area contributed by atoms with Gasteiger partial charge in [0.1, 0.15) is 0 Å². The van der Waals surface area contributed by atoms with Gasteiger partial charge in [-0.2, -0.15) is 0 Å². The molecule has 1 aromatic carbocycles. The van der Waals surface area contributed by atoms with Crippen molar-refractivity contribution in [2.45, 2.75) is 33.3 Å². The van der Waals surface area contributed by atoms with Crippen molar-refractivity contribution in [2.75, 3.05) is 13.7 Å². The Balaban J connectivity index is 2.87. The third-order valence-corrected chi connectivity index (χ3v) is 2.32. The molecule has 0 spiro atoms. The molecule has 1 rings (SSSR count). The maximum absolute atomic E-state index is 11.8. The van der Waals surface area contributed by atoms with Gasteiger partial charge in [-0.05, 0) is 38.5 Å². The van der Waals surface area contributed by atoms with Crippen LogP contribution in [0.3, 0.4) is 0 Å². The highest BCUT2D eigenvalue weighted by Crippen LogP contribution is 2.28. The molecule has 0 unspecified atom stereocenters. The van der Waals surface area contributed by atoms with Gasteiger partial charge in [0.2, 0.25) is 0 Å². The largest absolute Gasteiger partial charge is 0.493 e. The molecular weight excluding hydrogens is 230 g/mol. The Morgan fingerprint density at radius 1 is 1.33 bits per heavy atom. The summed E-state index contributed by atoms with van der Waals surface area (Å²) in [6.07, 6.45) is 0.982. The van der Waals surface area contributed by atoms with Crippen LogP contribution in [0.4, 0.5) is 0 Å². The number of hydrogen-bond acceptors (Lipinski definition) is 3. The fourth-order valence-corrected chi connectivity index (χ4v) is 1.50. The zero-order chi connectivity index (χ0) is 13.5. The van der Waals surface area contributed by atoms with Gasteiger partial charge in [0.25, 0.3) is 5.91 Å². The molecule has 0 bridgehead atoms. The number of nitrogens with one attached hydrogen (secondary N) is 1. The summed E-state index contributed by atoms with van der Waals surface area (Å²) in [5.41, 5.74) is 0.580. The highest BCUT2D eigenvalue weighted by atomic mass is 16.5. The van der Waals surface area contributed by atoms with Crippen LogP contribution in [-0.2, 0) is 0 Å². The fourth-order valence-electron chi connectivity index (χ4n) is 1.50. The zero-order valence-electron chi connectivity index (χ0n) is 11.4. The van der Waals surface area contributed by atoms with Gasteiger partial charge in [0, 0.05) is 12.1 Å². The topological polar surface area (TPSA) is 47.6 Å². The van der Waals surface area contributed by atoms with Crippen LogP contribution >= 0.6 is 0 Å². The third-order valence-electron chi connectivity index (χ3n) is 2.32. The van der Waals surface area contributed by atoms with E-state index in [-0.39, 0.29) is 12.0 Å². The average molecular weight is 251 g/mol. The van der Waals surface area contributed by atoms with Crippen LogP contribution in [-0.4, -0.2) is 25.7 Å². The second-order valence-corrected chi connectivity index (χ2v) is 4.29. The SMILES string of the molecule is CCCNC(=O)c1ccc(OC(C)C)c(OC)c1. The van der Waals surface area contributed by atoms with E-state index in [1.165, 1.54) is 0 Å². The summed E-state index contributed by atoms with van der Waals surface area (Å²) in [6, 6.07) is 5.20. The number of ether oxygens (including phenoxy) is 2. The number of methoxy groups -OCH3 is 1. The van der Waals surface area contributed by atoms with Crippen molar-refractivity contribution in [3.8, 4) is 11.5 Å². The molecular formula is C14H21NO3. The predicted molar refractivity (Wildman–Crippen MR) is 71.4 cm³/mol. The Morgan fingerprint density at radius 2 is 2.06 bits per heavy atom. The van der Waals surface area contributed by atoms with E-state index in [9.17, 15) is 4.79 Å². The molecule has 0 aliphatic rings. The van der Waals surface area contributed by atoms with Gasteiger partial charge >= 0.3 is 0 Å². The van der Waals surface area contributed by atoms with Crippen LogP contribution in [0.2, 0.25) is 0 Å². The first-order chi connectivity index (χ1) is 8.58. The Bertz CT molecular complexity index is 402. The maximum atomic E-state index is 11.8. The van der Waals surface area contributed by atoms with Crippen molar-refractivity contribution >= 4 is 5.91 Å². The normalized spacial score (nSPS) is 10.3. The highest BCUT2D eigenvalue weighted by Gasteiger charge is 2.11. The Labute approximate surface area is 108 Å². The van der Waals surface area contributed by atoms with Gasteiger partial charge in [-0.25, -0.2) is 0 Å². The molecule has 0 aliphatic carbocycles. The van der Waals surface area contributed by atoms with E-state index >= 15 is 0 Å². The summed E-state index contributed by atoms with van der Waals surface area (Å²) in [7, 11) is 1.57. The Kier molecular flexibility index (Phi) is 5.49. The molecule has 4 nitrogen and oxygen atoms in total. The number of amides is 1. The summed E-state index contributed by atoms with van der Waals surface area (Å²) >= 11 is 0. The van der Waals surface area contributed by atoms with E-state index in [2.05, 4.69) is 5.32 Å². The minimum Gasteiger partial charge on any atom is -0.493 e. The van der Waals surface area contributed by atoms with E-state index in [0.717, 1.165) is 6.42 Å². The fraction of sp³-hybridized carbons (Fsp3) is 0.500. The maximum Gasteiger partial charge on any atom is 0.251 e. The molecule has 0 aromatic heterocycles. The second-order valence-electron chi connectivity index (χ2n) is 4.29. The molecule has 0 heterocycles. The standard InChI is InChI=1S/C14H21NO3/c1-5-8-15-14(16)11-6-7-12(18-10(2)3)13(9-11)17-4/h6-7,9-10H,5,8H2,1-4H3,(H,15,16). The van der Waals surface area contributed by atoms with Gasteiger partial charge < -0.3 is 14.8 Å². The summed E-state index contributed by atoms with van der Waals surface area (Å²) in [6.45, 7) is 6.58. The van der Waals surface area contributed by atoms with E-state index in [4.69, 9.17) is 9.47 Å². The number of carbonyl (C=O) groups is 1. The third kappa shape index (κ3) is 3.95. The Morgan fingerprint density at radius 3 is 2.61 bits per heavy atom. The predicted octanol–water partition coefficient (Wildman–Crippen LogP) is 2.62. The molecule has 0 saturated heterocycles. The molecule has 0 aliphatic heterocycles. The second kappa shape index (κ2) is 6.89. The minimum atomic E-state index is -0.0914. The molecule has 100 valence electrons. The monoisotopic (exact) mass is 251 g/mol. The molecule has 0 atom stereocenters. The lowest BCUT2D eigenvalue weighted by Gasteiger charge is -2.14. The lowest BCUT2D eigenvalue weighted by atomic mass is 10.2. The molecule has 4 heteroatoms. The van der Waals surface area contributed by atoms with Gasteiger partial charge in [0.05, 0.1) is 13.2 Å². The number of benzene rings is 1. The van der Waals surface area contributed by atoms with Gasteiger partial charge in [0.15, 0.2) is 11.5 Å². The molecule has 0 saturated carbocycles. The molecule has 0 radical (unpaired) electrons. The molecule has 0 fully saturated rings. The minimum absolute atomic E-state index is 0.0682. The highest BCUT2D eigenvalue weighted by molar-refractivity contribution is 5.94. The lowest BCUT2D eigenvalue weighted by molar-refractivity contribution is 0.0953. The first kappa shape index (κ1) is 14.4. The van der Waals surface area contributed by atoms with E-state index in [1.54, 1.807) is 25.3 Å². The van der Waals surface area contributed by atoms with Crippen LogP contribution in [0.25, 0.3) is 0 Å². The van der Waals surface area contributed by atoms with E-state index < -0.39 is 0 Å². The summed E-state index contributed by atoms with van der Waals surface area (Å²) in [5.74, 6) is 1.14. The number of carbonyl (C=O) groups excluding carboxylic acids is 1. The van der Waals surface area contributed by atoms with Crippen LogP contribution in [0.5, 0.6) is 11.5 Å². The zero-order valence-corrected chi connectivity index (χ0v) is 11.4. The van der Waals surface area contributed by atoms with Crippen molar-refractivity contribution in [2.24, 2.45) is 0 Å². The average Bonchev–Trinajstić information content (AvgIpc) is 2.35. The summed E-state index contributed by atoms with van der Waals surface area (Å²) in [5, 5.41) is 2.82. The molecule has 18 heavy (non-hydrogen) atoms.